The summed E-state index contributed by atoms with van der Waals surface area (Å²) in [5.74, 6) is -1.65. The predicted molar refractivity (Wildman–Crippen MR) is 153 cm³/mol. The molecule has 4 aromatic carbocycles. The highest BCUT2D eigenvalue weighted by Crippen LogP contribution is 2.52. The van der Waals surface area contributed by atoms with Gasteiger partial charge in [-0.25, -0.2) is 0 Å². The summed E-state index contributed by atoms with van der Waals surface area (Å²) in [6.45, 7) is 0. The van der Waals surface area contributed by atoms with Gasteiger partial charge in [0, 0.05) is 56.5 Å². The minimum atomic E-state index is -0.448. The van der Waals surface area contributed by atoms with Crippen molar-refractivity contribution in [2.24, 2.45) is 0 Å². The maximum absolute atomic E-state index is 14.3. The average molecular weight is 531 g/mol. The average Bonchev–Trinajstić information content (AvgIpc) is 3.66. The van der Waals surface area contributed by atoms with Crippen LogP contribution < -0.4 is 0 Å². The minimum absolute atomic E-state index is 0.0154. The van der Waals surface area contributed by atoms with Crippen LogP contribution in [0.2, 0.25) is 0 Å². The SMILES string of the molecule is O=C1C(=C2/C(=C3\C(=C4/CC(=O)c5ccccc54)C(=O)c4ccccc43)C(=O)c3ccccc32)C(=O)c2ccccc21. The third kappa shape index (κ3) is 2.97. The molecule has 41 heavy (non-hydrogen) atoms. The van der Waals surface area contributed by atoms with E-state index < -0.39 is 11.6 Å². The van der Waals surface area contributed by atoms with Crippen molar-refractivity contribution in [3.05, 3.63) is 158 Å². The number of ketones is 5. The molecule has 5 nitrogen and oxygen atoms in total. The number of allylic oxidation sites excluding steroid dienone is 6. The number of carbonyl (C=O) groups excluding carboxylic acids is 5. The van der Waals surface area contributed by atoms with Crippen LogP contribution in [-0.2, 0) is 0 Å². The van der Waals surface area contributed by atoms with Crippen LogP contribution in [0.5, 0.6) is 0 Å². The van der Waals surface area contributed by atoms with Crippen molar-refractivity contribution in [3.8, 4) is 0 Å². The number of hydrogen-bond donors (Lipinski definition) is 0. The second-order valence-electron chi connectivity index (χ2n) is 10.5. The number of carbonyl (C=O) groups is 5. The molecular formula is C36H18O5. The molecule has 4 aliphatic carbocycles. The van der Waals surface area contributed by atoms with Crippen LogP contribution in [0.25, 0.3) is 16.7 Å². The number of Topliss-reactive ketones (excluding diaryl/α,β-unsaturated/α-hetero) is 5. The largest absolute Gasteiger partial charge is 0.294 e. The molecule has 0 bridgehead atoms. The van der Waals surface area contributed by atoms with Gasteiger partial charge in [0.2, 0.25) is 0 Å². The number of fused-ring (bicyclic) bond motifs is 4. The van der Waals surface area contributed by atoms with E-state index in [1.807, 2.05) is 12.1 Å². The van der Waals surface area contributed by atoms with Gasteiger partial charge in [-0.3, -0.25) is 24.0 Å². The van der Waals surface area contributed by atoms with E-state index in [4.69, 9.17) is 0 Å². The Balaban J connectivity index is 1.54. The van der Waals surface area contributed by atoms with E-state index in [1.54, 1.807) is 84.9 Å². The highest BCUT2D eigenvalue weighted by molar-refractivity contribution is 6.48. The van der Waals surface area contributed by atoms with E-state index in [-0.39, 0.29) is 57.2 Å². The van der Waals surface area contributed by atoms with E-state index >= 15 is 0 Å². The van der Waals surface area contributed by atoms with Crippen LogP contribution in [0.15, 0.2) is 114 Å². The Morgan fingerprint density at radius 2 is 0.659 bits per heavy atom. The fraction of sp³-hybridized carbons (Fsp3) is 0.0278. The minimum Gasteiger partial charge on any atom is -0.294 e. The van der Waals surface area contributed by atoms with Crippen LogP contribution in [0.4, 0.5) is 0 Å². The monoisotopic (exact) mass is 530 g/mol. The Labute approximate surface area is 234 Å². The molecule has 0 saturated heterocycles. The van der Waals surface area contributed by atoms with Crippen molar-refractivity contribution in [3.63, 3.8) is 0 Å². The van der Waals surface area contributed by atoms with Crippen LogP contribution >= 0.6 is 0 Å². The summed E-state index contributed by atoms with van der Waals surface area (Å²) in [5.41, 5.74) is 5.06. The van der Waals surface area contributed by atoms with Crippen LogP contribution in [0.3, 0.4) is 0 Å². The van der Waals surface area contributed by atoms with Crippen molar-refractivity contribution in [2.75, 3.05) is 0 Å². The van der Waals surface area contributed by atoms with Gasteiger partial charge in [-0.05, 0) is 22.3 Å². The normalized spacial score (nSPS) is 20.6. The van der Waals surface area contributed by atoms with Gasteiger partial charge < -0.3 is 0 Å². The first-order chi connectivity index (χ1) is 20.0. The molecule has 0 aromatic heterocycles. The van der Waals surface area contributed by atoms with Gasteiger partial charge >= 0.3 is 0 Å². The molecule has 192 valence electrons. The lowest BCUT2D eigenvalue weighted by molar-refractivity contribution is 0.0982. The summed E-state index contributed by atoms with van der Waals surface area (Å²) >= 11 is 0. The topological polar surface area (TPSA) is 85.3 Å². The first kappa shape index (κ1) is 23.3. The van der Waals surface area contributed by atoms with E-state index in [9.17, 15) is 24.0 Å². The maximum Gasteiger partial charge on any atom is 0.198 e. The highest BCUT2D eigenvalue weighted by atomic mass is 16.2. The van der Waals surface area contributed by atoms with Gasteiger partial charge in [-0.2, -0.15) is 0 Å². The lowest BCUT2D eigenvalue weighted by atomic mass is 9.86. The fourth-order valence-electron chi connectivity index (χ4n) is 6.65. The van der Waals surface area contributed by atoms with Crippen molar-refractivity contribution in [2.45, 2.75) is 6.42 Å². The van der Waals surface area contributed by atoms with Crippen LogP contribution in [-0.4, -0.2) is 28.9 Å². The van der Waals surface area contributed by atoms with Crippen molar-refractivity contribution < 1.29 is 24.0 Å². The molecule has 0 spiro atoms. The van der Waals surface area contributed by atoms with Gasteiger partial charge in [0.05, 0.1) is 5.57 Å². The fourth-order valence-corrected chi connectivity index (χ4v) is 6.65. The van der Waals surface area contributed by atoms with Crippen molar-refractivity contribution in [1.29, 1.82) is 0 Å². The summed E-state index contributed by atoms with van der Waals surface area (Å²) in [6, 6.07) is 27.7. The molecule has 0 fully saturated rings. The summed E-state index contributed by atoms with van der Waals surface area (Å²) in [7, 11) is 0. The quantitative estimate of drug-likeness (QED) is 0.194. The molecular weight excluding hydrogens is 512 g/mol. The molecule has 0 heterocycles. The van der Waals surface area contributed by atoms with Gasteiger partial charge in [-0.15, -0.1) is 0 Å². The zero-order valence-electron chi connectivity index (χ0n) is 21.5. The second-order valence-corrected chi connectivity index (χ2v) is 10.5. The highest BCUT2D eigenvalue weighted by Gasteiger charge is 2.46. The third-order valence-corrected chi connectivity index (χ3v) is 8.40. The van der Waals surface area contributed by atoms with Crippen LogP contribution in [0.1, 0.15) is 74.9 Å². The molecule has 5 heteroatoms. The Morgan fingerprint density at radius 1 is 0.317 bits per heavy atom. The molecule has 8 rings (SSSR count). The number of benzene rings is 4. The zero-order chi connectivity index (χ0) is 28.0. The van der Waals surface area contributed by atoms with Crippen molar-refractivity contribution in [1.82, 2.24) is 0 Å². The Morgan fingerprint density at radius 3 is 1.17 bits per heavy atom. The first-order valence-electron chi connectivity index (χ1n) is 13.3. The Kier molecular flexibility index (Phi) is 4.68. The first-order valence-corrected chi connectivity index (χ1v) is 13.3. The van der Waals surface area contributed by atoms with E-state index in [1.165, 1.54) is 0 Å². The molecule has 0 aliphatic heterocycles. The number of rotatable bonds is 0. The second kappa shape index (κ2) is 8.23. The predicted octanol–water partition coefficient (Wildman–Crippen LogP) is 6.41. The maximum atomic E-state index is 14.3. The van der Waals surface area contributed by atoms with Gasteiger partial charge in [0.15, 0.2) is 28.9 Å². The van der Waals surface area contributed by atoms with E-state index in [2.05, 4.69) is 0 Å². The standard InChI is InChI=1S/C36H18O5/c37-27-17-26(18-9-1-2-10-19(18)27)30-28(20-11-3-5-13-22(20)33(30)38)31-29(21-12-4-6-14-23(21)34(31)39)32-35(40)24-15-7-8-16-25(24)36(32)41/h1-16H,17H2/b30-26-,31-28+. The lowest BCUT2D eigenvalue weighted by Gasteiger charge is -2.13. The lowest BCUT2D eigenvalue weighted by Crippen LogP contribution is -2.08. The molecule has 0 saturated carbocycles. The molecule has 4 aromatic rings. The number of hydrogen-bond acceptors (Lipinski definition) is 5. The van der Waals surface area contributed by atoms with E-state index in [0.29, 0.717) is 44.5 Å². The summed E-state index contributed by atoms with van der Waals surface area (Å²) < 4.78 is 0. The smallest absolute Gasteiger partial charge is 0.198 e. The molecule has 0 radical (unpaired) electrons. The van der Waals surface area contributed by atoms with Gasteiger partial charge in [0.1, 0.15) is 0 Å². The summed E-state index contributed by atoms with van der Waals surface area (Å²) in [6.07, 6.45) is 0.0154. The summed E-state index contributed by atoms with van der Waals surface area (Å²) in [4.78, 5) is 69.0. The summed E-state index contributed by atoms with van der Waals surface area (Å²) in [5, 5.41) is 0. The molecule has 0 unspecified atom stereocenters. The Bertz CT molecular complexity index is 2060. The third-order valence-electron chi connectivity index (χ3n) is 8.40. The molecule has 0 N–H and O–H groups in total. The van der Waals surface area contributed by atoms with Gasteiger partial charge in [0.25, 0.3) is 0 Å². The van der Waals surface area contributed by atoms with Gasteiger partial charge in [-0.1, -0.05) is 97.1 Å². The van der Waals surface area contributed by atoms with Crippen molar-refractivity contribution >= 4 is 45.6 Å². The van der Waals surface area contributed by atoms with Crippen LogP contribution in [0, 0.1) is 0 Å². The molecule has 4 aliphatic rings. The zero-order valence-corrected chi connectivity index (χ0v) is 21.5. The Hall–Kier alpha value is -5.55. The molecule has 0 atom stereocenters. The van der Waals surface area contributed by atoms with E-state index in [0.717, 1.165) is 0 Å². The molecule has 0 amide bonds.